The number of hydrogen-bond donors (Lipinski definition) is 3. The van der Waals surface area contributed by atoms with Crippen molar-refractivity contribution in [3.05, 3.63) is 40.7 Å². The largest absolute Gasteiger partial charge is 0.296 e. The summed E-state index contributed by atoms with van der Waals surface area (Å²) >= 11 is 0. The number of H-pyrrole nitrogens is 2. The molecule has 23 heavy (non-hydrogen) atoms. The number of rotatable bonds is 2. The minimum absolute atomic E-state index is 0.0912. The van der Waals surface area contributed by atoms with E-state index in [1.807, 2.05) is 30.3 Å². The molecule has 0 saturated heterocycles. The van der Waals surface area contributed by atoms with Crippen molar-refractivity contribution < 1.29 is 4.79 Å². The first-order valence-corrected chi connectivity index (χ1v) is 7.21. The number of anilines is 1. The number of nitrogens with zero attached hydrogens (tertiary/aromatic N) is 2. The van der Waals surface area contributed by atoms with E-state index in [-0.39, 0.29) is 23.1 Å². The highest BCUT2D eigenvalue weighted by Gasteiger charge is 2.22. The van der Waals surface area contributed by atoms with Gasteiger partial charge >= 0.3 is 0 Å². The van der Waals surface area contributed by atoms with Gasteiger partial charge in [-0.1, -0.05) is 51.1 Å². The number of carbonyl (C=O) groups excluding carboxylic acids is 1. The molecule has 0 fully saturated rings. The molecule has 0 radical (unpaired) electrons. The van der Waals surface area contributed by atoms with Gasteiger partial charge in [-0.15, -0.1) is 0 Å². The van der Waals surface area contributed by atoms with Crippen LogP contribution in [0.5, 0.6) is 0 Å². The molecule has 0 saturated carbocycles. The summed E-state index contributed by atoms with van der Waals surface area (Å²) in [6.07, 6.45) is 0. The Morgan fingerprint density at radius 3 is 2.52 bits per heavy atom. The number of carbonyl (C=O) groups is 1. The average Bonchev–Trinajstić information content (AvgIpc) is 2.91. The van der Waals surface area contributed by atoms with Crippen LogP contribution < -0.4 is 10.9 Å². The molecule has 7 nitrogen and oxygen atoms in total. The van der Waals surface area contributed by atoms with Crippen LogP contribution >= 0.6 is 0 Å². The molecule has 3 rings (SSSR count). The maximum Gasteiger partial charge on any atom is 0.264 e. The van der Waals surface area contributed by atoms with E-state index in [0.29, 0.717) is 11.1 Å². The summed E-state index contributed by atoms with van der Waals surface area (Å²) < 4.78 is 0. The van der Waals surface area contributed by atoms with Gasteiger partial charge in [-0.3, -0.25) is 25.0 Å². The number of aromatic nitrogens is 4. The molecular weight excluding hydrogens is 294 g/mol. The van der Waals surface area contributed by atoms with Gasteiger partial charge in [-0.25, -0.2) is 0 Å². The van der Waals surface area contributed by atoms with Crippen molar-refractivity contribution >= 4 is 22.9 Å². The highest BCUT2D eigenvalue weighted by Crippen LogP contribution is 2.23. The second kappa shape index (κ2) is 5.35. The van der Waals surface area contributed by atoms with Crippen LogP contribution in [0.15, 0.2) is 35.1 Å². The number of fused-ring (bicyclic) bond motifs is 1. The first kappa shape index (κ1) is 15.0. The summed E-state index contributed by atoms with van der Waals surface area (Å²) in [4.78, 5) is 31.2. The quantitative estimate of drug-likeness (QED) is 0.675. The summed E-state index contributed by atoms with van der Waals surface area (Å²) in [5, 5.41) is 9.89. The van der Waals surface area contributed by atoms with Crippen LogP contribution in [-0.2, 0) is 4.79 Å². The molecule has 3 N–H and O–H groups in total. The van der Waals surface area contributed by atoms with E-state index in [1.165, 1.54) is 0 Å². The summed E-state index contributed by atoms with van der Waals surface area (Å²) in [7, 11) is 0. The predicted molar refractivity (Wildman–Crippen MR) is 88.0 cm³/mol. The van der Waals surface area contributed by atoms with Crippen molar-refractivity contribution in [2.24, 2.45) is 5.41 Å². The third kappa shape index (κ3) is 2.85. The zero-order chi connectivity index (χ0) is 16.6. The third-order valence-corrected chi connectivity index (χ3v) is 3.40. The minimum atomic E-state index is -0.589. The minimum Gasteiger partial charge on any atom is -0.296 e. The Morgan fingerprint density at radius 2 is 1.87 bits per heavy atom. The van der Waals surface area contributed by atoms with Crippen molar-refractivity contribution in [3.8, 4) is 11.3 Å². The molecule has 0 aliphatic heterocycles. The maximum atomic E-state index is 12.4. The van der Waals surface area contributed by atoms with Gasteiger partial charge in [-0.2, -0.15) is 10.1 Å². The molecule has 0 spiro atoms. The fourth-order valence-corrected chi connectivity index (χ4v) is 2.10. The van der Waals surface area contributed by atoms with E-state index in [9.17, 15) is 9.59 Å². The highest BCUT2D eigenvalue weighted by atomic mass is 16.2. The van der Waals surface area contributed by atoms with Crippen molar-refractivity contribution in [2.45, 2.75) is 20.8 Å². The molecule has 118 valence electrons. The lowest BCUT2D eigenvalue weighted by Gasteiger charge is -2.16. The Labute approximate surface area is 132 Å². The van der Waals surface area contributed by atoms with Gasteiger partial charge in [0, 0.05) is 11.0 Å². The molecule has 0 atom stereocenters. The summed E-state index contributed by atoms with van der Waals surface area (Å²) in [6, 6.07) is 9.40. The molecule has 0 bridgehead atoms. The normalized spacial score (nSPS) is 11.6. The Morgan fingerprint density at radius 1 is 1.17 bits per heavy atom. The number of aromatic amines is 2. The predicted octanol–water partition coefficient (Wildman–Crippen LogP) is 2.30. The van der Waals surface area contributed by atoms with Gasteiger partial charge in [0.05, 0.1) is 5.69 Å². The van der Waals surface area contributed by atoms with Crippen LogP contribution in [0.25, 0.3) is 22.3 Å². The first-order valence-electron chi connectivity index (χ1n) is 7.21. The molecule has 0 aliphatic carbocycles. The van der Waals surface area contributed by atoms with E-state index >= 15 is 0 Å². The third-order valence-electron chi connectivity index (χ3n) is 3.40. The SMILES string of the molecule is CC(C)(C)C(=O)Nc1nc2n[nH]c(-c3ccccc3)c2c(=O)[nH]1. The van der Waals surface area contributed by atoms with E-state index in [4.69, 9.17) is 0 Å². The fraction of sp³-hybridized carbons (Fsp3) is 0.250. The number of amides is 1. The molecule has 0 unspecified atom stereocenters. The molecule has 7 heteroatoms. The highest BCUT2D eigenvalue weighted by molar-refractivity contribution is 5.95. The molecule has 2 heterocycles. The van der Waals surface area contributed by atoms with E-state index in [0.717, 1.165) is 5.56 Å². The topological polar surface area (TPSA) is 104 Å². The van der Waals surface area contributed by atoms with Gasteiger partial charge in [0.25, 0.3) is 5.56 Å². The number of benzene rings is 1. The lowest BCUT2D eigenvalue weighted by molar-refractivity contribution is -0.123. The van der Waals surface area contributed by atoms with Crippen LogP contribution in [-0.4, -0.2) is 26.1 Å². The van der Waals surface area contributed by atoms with Crippen LogP contribution in [0.3, 0.4) is 0 Å². The van der Waals surface area contributed by atoms with Crippen molar-refractivity contribution in [1.82, 2.24) is 20.2 Å². The summed E-state index contributed by atoms with van der Waals surface area (Å²) in [6.45, 7) is 5.34. The zero-order valence-electron chi connectivity index (χ0n) is 13.1. The Balaban J connectivity index is 2.05. The monoisotopic (exact) mass is 311 g/mol. The lowest BCUT2D eigenvalue weighted by atomic mass is 9.96. The summed E-state index contributed by atoms with van der Waals surface area (Å²) in [5.41, 5.74) is 0.759. The fourth-order valence-electron chi connectivity index (χ4n) is 2.10. The number of hydrogen-bond acceptors (Lipinski definition) is 4. The molecule has 2 aromatic heterocycles. The van der Waals surface area contributed by atoms with E-state index in [2.05, 4.69) is 25.5 Å². The standard InChI is InChI=1S/C16H17N5O2/c1-16(2,3)14(23)19-15-17-12-10(13(22)18-15)11(20-21-12)9-7-5-4-6-8-9/h4-8H,1-3H3,(H3,17,18,19,20,21,22,23). The van der Waals surface area contributed by atoms with Gasteiger partial charge in [0.2, 0.25) is 11.9 Å². The van der Waals surface area contributed by atoms with Crippen molar-refractivity contribution in [2.75, 3.05) is 5.32 Å². The van der Waals surface area contributed by atoms with Crippen molar-refractivity contribution in [1.29, 1.82) is 0 Å². The molecular formula is C16H17N5O2. The van der Waals surface area contributed by atoms with Gasteiger partial charge in [0.1, 0.15) is 5.39 Å². The van der Waals surface area contributed by atoms with Gasteiger partial charge in [0.15, 0.2) is 5.65 Å². The Hall–Kier alpha value is -2.96. The molecule has 1 amide bonds. The van der Waals surface area contributed by atoms with Gasteiger partial charge < -0.3 is 0 Å². The van der Waals surface area contributed by atoms with Crippen molar-refractivity contribution in [3.63, 3.8) is 0 Å². The second-order valence-corrected chi connectivity index (χ2v) is 6.28. The Bertz CT molecular complexity index is 919. The maximum absolute atomic E-state index is 12.4. The van der Waals surface area contributed by atoms with Gasteiger partial charge in [-0.05, 0) is 0 Å². The van der Waals surface area contributed by atoms with Crippen LogP contribution in [0.1, 0.15) is 20.8 Å². The van der Waals surface area contributed by atoms with Crippen LogP contribution in [0.4, 0.5) is 5.95 Å². The van der Waals surface area contributed by atoms with Crippen LogP contribution in [0, 0.1) is 5.41 Å². The van der Waals surface area contributed by atoms with Crippen LogP contribution in [0.2, 0.25) is 0 Å². The lowest BCUT2D eigenvalue weighted by Crippen LogP contribution is -2.29. The molecule has 0 aliphatic rings. The molecule has 1 aromatic carbocycles. The average molecular weight is 311 g/mol. The zero-order valence-corrected chi connectivity index (χ0v) is 13.1. The smallest absolute Gasteiger partial charge is 0.264 e. The Kier molecular flexibility index (Phi) is 3.48. The van der Waals surface area contributed by atoms with E-state index in [1.54, 1.807) is 20.8 Å². The second-order valence-electron chi connectivity index (χ2n) is 6.28. The first-order chi connectivity index (χ1) is 10.9. The number of nitrogens with one attached hydrogen (secondary N) is 3. The van der Waals surface area contributed by atoms with E-state index < -0.39 is 5.41 Å². The summed E-state index contributed by atoms with van der Waals surface area (Å²) in [5.74, 6) is -0.146. The molecule has 3 aromatic rings.